The summed E-state index contributed by atoms with van der Waals surface area (Å²) in [5, 5.41) is 6.63. The molecule has 2 fully saturated rings. The quantitative estimate of drug-likeness (QED) is 0.516. The van der Waals surface area contributed by atoms with Crippen LogP contribution in [0.4, 0.5) is 5.69 Å². The van der Waals surface area contributed by atoms with Gasteiger partial charge in [-0.05, 0) is 48.2 Å². The van der Waals surface area contributed by atoms with Gasteiger partial charge in [-0.1, -0.05) is 31.2 Å². The predicted molar refractivity (Wildman–Crippen MR) is 136 cm³/mol. The van der Waals surface area contributed by atoms with E-state index in [1.807, 2.05) is 60.4 Å². The first-order chi connectivity index (χ1) is 16.5. The third kappa shape index (κ3) is 5.84. The highest BCUT2D eigenvalue weighted by atomic mass is 16.2. The van der Waals surface area contributed by atoms with Crippen LogP contribution in [0.15, 0.2) is 48.5 Å². The van der Waals surface area contributed by atoms with E-state index in [-0.39, 0.29) is 11.7 Å². The zero-order valence-corrected chi connectivity index (χ0v) is 20.2. The molecule has 1 amide bonds. The second-order valence-corrected chi connectivity index (χ2v) is 9.42. The van der Waals surface area contributed by atoms with Gasteiger partial charge in [-0.15, -0.1) is 0 Å². The molecule has 1 unspecified atom stereocenters. The fourth-order valence-corrected chi connectivity index (χ4v) is 4.74. The minimum absolute atomic E-state index is 0.0279. The number of Topliss-reactive ketones (excluding diaryl/α,β-unsaturated/α-hetero) is 1. The van der Waals surface area contributed by atoms with Crippen LogP contribution in [-0.4, -0.2) is 74.5 Å². The largest absolute Gasteiger partial charge is 0.369 e. The van der Waals surface area contributed by atoms with E-state index in [1.54, 1.807) is 0 Å². The van der Waals surface area contributed by atoms with E-state index in [1.165, 1.54) is 0 Å². The Morgan fingerprint density at radius 3 is 2.00 bits per heavy atom. The lowest BCUT2D eigenvalue weighted by atomic mass is 9.82. The van der Waals surface area contributed by atoms with Crippen molar-refractivity contribution in [1.82, 2.24) is 15.5 Å². The molecular weight excluding hydrogens is 426 g/mol. The average molecular weight is 464 g/mol. The highest BCUT2D eigenvalue weighted by molar-refractivity contribution is 6.03. The van der Waals surface area contributed by atoms with Crippen molar-refractivity contribution in [3.63, 3.8) is 0 Å². The number of benzene rings is 2. The first-order valence-corrected chi connectivity index (χ1v) is 12.4. The van der Waals surface area contributed by atoms with Crippen LogP contribution in [0.1, 0.15) is 34.8 Å². The fourth-order valence-electron chi connectivity index (χ4n) is 4.74. The number of anilines is 1. The smallest absolute Gasteiger partial charge is 0.227 e. The van der Waals surface area contributed by atoms with Crippen LogP contribution in [0.3, 0.4) is 0 Å². The van der Waals surface area contributed by atoms with Gasteiger partial charge in [-0.25, -0.2) is 0 Å². The van der Waals surface area contributed by atoms with Gasteiger partial charge < -0.3 is 26.2 Å². The number of nitrogens with one attached hydrogen (secondary N) is 2. The Balaban J connectivity index is 1.38. The first kappa shape index (κ1) is 24.4. The molecule has 7 heteroatoms. The number of piperazine rings is 2. The van der Waals surface area contributed by atoms with Crippen molar-refractivity contribution in [1.29, 1.82) is 0 Å². The van der Waals surface area contributed by atoms with Gasteiger partial charge in [-0.2, -0.15) is 0 Å². The third-order valence-corrected chi connectivity index (χ3v) is 7.06. The summed E-state index contributed by atoms with van der Waals surface area (Å²) in [7, 11) is 0. The van der Waals surface area contributed by atoms with Crippen LogP contribution in [0, 0.1) is 0 Å². The second-order valence-electron chi connectivity index (χ2n) is 9.42. The number of hydrogen-bond donors (Lipinski definition) is 3. The molecule has 1 atom stereocenters. The van der Waals surface area contributed by atoms with E-state index in [4.69, 9.17) is 5.73 Å². The van der Waals surface area contributed by atoms with Crippen molar-refractivity contribution >= 4 is 17.4 Å². The molecule has 2 aromatic carbocycles. The van der Waals surface area contributed by atoms with Crippen LogP contribution in [0.25, 0.3) is 0 Å². The SMILES string of the molecule is CCC(N)(Cc1ccc(CC(=O)N2CCNCC2)cc1)C(=O)c1ccc(N2CCNCC2)cc1. The lowest BCUT2D eigenvalue weighted by Gasteiger charge is -2.30. The molecule has 0 aromatic heterocycles. The summed E-state index contributed by atoms with van der Waals surface area (Å²) in [6.45, 7) is 9.10. The minimum atomic E-state index is -0.964. The van der Waals surface area contributed by atoms with Gasteiger partial charge in [0, 0.05) is 63.6 Å². The van der Waals surface area contributed by atoms with Gasteiger partial charge in [0.15, 0.2) is 5.78 Å². The van der Waals surface area contributed by atoms with Gasteiger partial charge in [0.05, 0.1) is 12.0 Å². The normalized spacial score (nSPS) is 18.4. The van der Waals surface area contributed by atoms with Crippen molar-refractivity contribution in [2.45, 2.75) is 31.7 Å². The Kier molecular flexibility index (Phi) is 7.98. The van der Waals surface area contributed by atoms with Crippen LogP contribution < -0.4 is 21.3 Å². The lowest BCUT2D eigenvalue weighted by Crippen LogP contribution is -2.49. The highest BCUT2D eigenvalue weighted by Crippen LogP contribution is 2.23. The van der Waals surface area contributed by atoms with Gasteiger partial charge >= 0.3 is 0 Å². The highest BCUT2D eigenvalue weighted by Gasteiger charge is 2.33. The molecule has 0 spiro atoms. The Morgan fingerprint density at radius 1 is 0.853 bits per heavy atom. The minimum Gasteiger partial charge on any atom is -0.369 e. The zero-order chi connectivity index (χ0) is 24.0. The van der Waals surface area contributed by atoms with Crippen molar-refractivity contribution < 1.29 is 9.59 Å². The molecule has 34 heavy (non-hydrogen) atoms. The van der Waals surface area contributed by atoms with Crippen molar-refractivity contribution in [2.24, 2.45) is 5.73 Å². The number of carbonyl (C=O) groups excluding carboxylic acids is 2. The molecule has 7 nitrogen and oxygen atoms in total. The Labute approximate surface area is 202 Å². The maximum Gasteiger partial charge on any atom is 0.227 e. The molecule has 4 N–H and O–H groups in total. The van der Waals surface area contributed by atoms with Crippen molar-refractivity contribution in [3.05, 3.63) is 65.2 Å². The van der Waals surface area contributed by atoms with Gasteiger partial charge in [0.2, 0.25) is 5.91 Å². The number of carbonyl (C=O) groups is 2. The molecule has 0 bridgehead atoms. The van der Waals surface area contributed by atoms with Gasteiger partial charge in [0.1, 0.15) is 0 Å². The van der Waals surface area contributed by atoms with E-state index in [0.717, 1.165) is 69.2 Å². The number of nitrogens with zero attached hydrogens (tertiary/aromatic N) is 2. The van der Waals surface area contributed by atoms with Crippen molar-refractivity contribution in [2.75, 3.05) is 57.3 Å². The van der Waals surface area contributed by atoms with Crippen LogP contribution in [0.2, 0.25) is 0 Å². The molecule has 182 valence electrons. The maximum absolute atomic E-state index is 13.4. The summed E-state index contributed by atoms with van der Waals surface area (Å²) in [5.74, 6) is 0.134. The van der Waals surface area contributed by atoms with E-state index in [0.29, 0.717) is 24.8 Å². The molecule has 2 aromatic rings. The standard InChI is InChI=1S/C27H37N5O2/c1-2-27(28,26(34)23-7-9-24(10-8-23)31-15-11-29-12-16-31)20-22-5-3-21(4-6-22)19-25(33)32-17-13-30-14-18-32/h3-10,29-30H,2,11-20,28H2,1H3. The second kappa shape index (κ2) is 11.1. The molecule has 0 radical (unpaired) electrons. The van der Waals surface area contributed by atoms with Crippen LogP contribution in [0.5, 0.6) is 0 Å². The number of amides is 1. The van der Waals surface area contributed by atoms with Gasteiger partial charge in [-0.3, -0.25) is 9.59 Å². The molecule has 0 aliphatic carbocycles. The molecule has 2 saturated heterocycles. The van der Waals surface area contributed by atoms with E-state index in [9.17, 15) is 9.59 Å². The molecular formula is C27H37N5O2. The summed E-state index contributed by atoms with van der Waals surface area (Å²) in [4.78, 5) is 30.1. The molecule has 4 rings (SSSR count). The Hall–Kier alpha value is -2.74. The zero-order valence-electron chi connectivity index (χ0n) is 20.2. The van der Waals surface area contributed by atoms with E-state index < -0.39 is 5.54 Å². The summed E-state index contributed by atoms with van der Waals surface area (Å²) in [6, 6.07) is 15.8. The number of nitrogens with two attached hydrogens (primary N) is 1. The number of ketones is 1. The lowest BCUT2D eigenvalue weighted by molar-refractivity contribution is -0.131. The number of rotatable bonds is 8. The third-order valence-electron chi connectivity index (χ3n) is 7.06. The van der Waals surface area contributed by atoms with E-state index in [2.05, 4.69) is 15.5 Å². The van der Waals surface area contributed by atoms with Crippen molar-refractivity contribution in [3.8, 4) is 0 Å². The van der Waals surface area contributed by atoms with Gasteiger partial charge in [0.25, 0.3) is 0 Å². The summed E-state index contributed by atoms with van der Waals surface area (Å²) in [5.41, 5.74) is 9.49. The monoisotopic (exact) mass is 463 g/mol. The van der Waals surface area contributed by atoms with E-state index >= 15 is 0 Å². The summed E-state index contributed by atoms with van der Waals surface area (Å²) < 4.78 is 0. The van der Waals surface area contributed by atoms with Crippen LogP contribution >= 0.6 is 0 Å². The Morgan fingerprint density at radius 2 is 1.41 bits per heavy atom. The molecule has 0 saturated carbocycles. The Bertz CT molecular complexity index is 964. The average Bonchev–Trinajstić information content (AvgIpc) is 2.90. The first-order valence-electron chi connectivity index (χ1n) is 12.4. The molecule has 2 aliphatic rings. The summed E-state index contributed by atoms with van der Waals surface area (Å²) in [6.07, 6.45) is 1.42. The topological polar surface area (TPSA) is 90.7 Å². The maximum atomic E-state index is 13.4. The predicted octanol–water partition coefficient (Wildman–Crippen LogP) is 1.60. The molecule has 2 aliphatic heterocycles. The summed E-state index contributed by atoms with van der Waals surface area (Å²) >= 11 is 0. The number of hydrogen-bond acceptors (Lipinski definition) is 6. The fraction of sp³-hybridized carbons (Fsp3) is 0.481. The van der Waals surface area contributed by atoms with Crippen LogP contribution in [-0.2, 0) is 17.6 Å². The molecule has 2 heterocycles.